The van der Waals surface area contributed by atoms with Gasteiger partial charge in [-0.15, -0.1) is 6.58 Å². The molecular weight excluding hydrogens is 344 g/mol. The van der Waals surface area contributed by atoms with Crippen LogP contribution in [0.2, 0.25) is 0 Å². The lowest BCUT2D eigenvalue weighted by Gasteiger charge is -2.22. The van der Waals surface area contributed by atoms with Gasteiger partial charge in [0.1, 0.15) is 12.4 Å². The largest absolute Gasteiger partial charge is 0.492 e. The molecule has 1 aromatic carbocycles. The van der Waals surface area contributed by atoms with Crippen molar-refractivity contribution in [2.24, 2.45) is 10.9 Å². The highest BCUT2D eigenvalue weighted by Crippen LogP contribution is 2.24. The monoisotopic (exact) mass is 378 g/mol. The van der Waals surface area contributed by atoms with Gasteiger partial charge in [0.15, 0.2) is 0 Å². The summed E-state index contributed by atoms with van der Waals surface area (Å²) in [5, 5.41) is 0. The Kier molecular flexibility index (Phi) is 8.96. The first-order chi connectivity index (χ1) is 13.6. The van der Waals surface area contributed by atoms with Crippen molar-refractivity contribution < 1.29 is 4.74 Å². The van der Waals surface area contributed by atoms with Crippen LogP contribution in [-0.2, 0) is 4.74 Å². The van der Waals surface area contributed by atoms with Gasteiger partial charge in [-0.3, -0.25) is 9.89 Å². The van der Waals surface area contributed by atoms with Gasteiger partial charge in [0.25, 0.3) is 0 Å². The highest BCUT2D eigenvalue weighted by molar-refractivity contribution is 6.01. The summed E-state index contributed by atoms with van der Waals surface area (Å²) in [5.41, 5.74) is 4.30. The Morgan fingerprint density at radius 3 is 2.71 bits per heavy atom. The third-order valence-electron chi connectivity index (χ3n) is 4.88. The number of nitrogens with zero attached hydrogens (tertiary/aromatic N) is 2. The van der Waals surface area contributed by atoms with Crippen LogP contribution in [0.15, 0.2) is 66.4 Å². The Balaban J connectivity index is 2.03. The second kappa shape index (κ2) is 11.5. The smallest absolute Gasteiger partial charge is 0.120 e. The van der Waals surface area contributed by atoms with Crippen LogP contribution in [0.3, 0.4) is 0 Å². The Hall–Kier alpha value is -2.39. The molecule has 150 valence electrons. The molecule has 2 rings (SSSR count). The molecule has 1 unspecified atom stereocenters. The lowest BCUT2D eigenvalue weighted by molar-refractivity contribution is 0.165. The number of benzene rings is 1. The van der Waals surface area contributed by atoms with Crippen LogP contribution < -0.4 is 0 Å². The van der Waals surface area contributed by atoms with Crippen molar-refractivity contribution in [1.29, 1.82) is 0 Å². The summed E-state index contributed by atoms with van der Waals surface area (Å²) in [7, 11) is 0. The minimum atomic E-state index is 0.273. The van der Waals surface area contributed by atoms with Crippen LogP contribution in [-0.4, -0.2) is 36.9 Å². The highest BCUT2D eigenvalue weighted by Gasteiger charge is 2.13. The Morgan fingerprint density at radius 1 is 1.21 bits per heavy atom. The fraction of sp³-hybridized carbons (Fsp3) is 0.400. The third-order valence-corrected chi connectivity index (χ3v) is 4.88. The van der Waals surface area contributed by atoms with E-state index in [-0.39, 0.29) is 5.92 Å². The molecule has 28 heavy (non-hydrogen) atoms. The zero-order valence-electron chi connectivity index (χ0n) is 17.7. The zero-order chi connectivity index (χ0) is 20.4. The maximum absolute atomic E-state index is 6.04. The minimum absolute atomic E-state index is 0.273. The number of rotatable bonds is 11. The molecule has 3 nitrogen and oxygen atoms in total. The molecule has 0 saturated carbocycles. The maximum Gasteiger partial charge on any atom is 0.120 e. The van der Waals surface area contributed by atoms with Gasteiger partial charge in [-0.2, -0.15) is 0 Å². The predicted octanol–water partition coefficient (Wildman–Crippen LogP) is 6.11. The van der Waals surface area contributed by atoms with Gasteiger partial charge in [-0.25, -0.2) is 0 Å². The molecule has 1 aliphatic carbocycles. The molecule has 1 aromatic rings. The second-order valence-corrected chi connectivity index (χ2v) is 7.25. The Bertz CT molecular complexity index is 758. The number of hydrogen-bond donors (Lipinski definition) is 0. The highest BCUT2D eigenvalue weighted by atomic mass is 16.5. The normalized spacial score (nSPS) is 17.6. The fourth-order valence-electron chi connectivity index (χ4n) is 3.18. The van der Waals surface area contributed by atoms with Crippen LogP contribution >= 0.6 is 0 Å². The quantitative estimate of drug-likeness (QED) is 0.434. The summed E-state index contributed by atoms with van der Waals surface area (Å²) >= 11 is 0. The van der Waals surface area contributed by atoms with Gasteiger partial charge in [0.05, 0.1) is 11.4 Å². The number of ether oxygens (including phenoxy) is 1. The van der Waals surface area contributed by atoms with Crippen LogP contribution in [0, 0.1) is 12.8 Å². The van der Waals surface area contributed by atoms with Gasteiger partial charge in [0.2, 0.25) is 0 Å². The maximum atomic E-state index is 6.04. The molecule has 0 saturated heterocycles. The van der Waals surface area contributed by atoms with E-state index in [2.05, 4.69) is 75.3 Å². The van der Waals surface area contributed by atoms with E-state index in [1.807, 2.05) is 12.2 Å². The number of allylic oxidation sites excluding steroid dienone is 3. The number of hydrogen-bond acceptors (Lipinski definition) is 3. The first kappa shape index (κ1) is 21.9. The van der Waals surface area contributed by atoms with Gasteiger partial charge < -0.3 is 4.74 Å². The van der Waals surface area contributed by atoms with Gasteiger partial charge in [0, 0.05) is 25.1 Å². The molecule has 0 N–H and O–H groups in total. The van der Waals surface area contributed by atoms with Gasteiger partial charge >= 0.3 is 0 Å². The fourth-order valence-corrected chi connectivity index (χ4v) is 3.18. The summed E-state index contributed by atoms with van der Waals surface area (Å²) in [6, 6.07) is 6.22. The average Bonchev–Trinajstić information content (AvgIpc) is 2.69. The summed E-state index contributed by atoms with van der Waals surface area (Å²) in [6.45, 7) is 17.8. The first-order valence-corrected chi connectivity index (χ1v) is 10.2. The lowest BCUT2D eigenvalue weighted by Crippen LogP contribution is -2.29. The van der Waals surface area contributed by atoms with Crippen molar-refractivity contribution in [3.05, 3.63) is 72.5 Å². The SMILES string of the molecule is C=CCCN(CCC)CCOC1=CC(=Nc2ccc(C=C)cc2C)C(C)C=C1. The standard InChI is InChI=1S/C25H34N2O/c1-6-9-15-27(14-7-2)16-17-28-23-12-10-20(4)25(19-23)26-24-13-11-22(8-3)18-21(24)5/h6,8,10-13,18-20H,1,3,7,9,14-17H2,2,4-5H3. The molecule has 0 heterocycles. The van der Waals surface area contributed by atoms with Crippen molar-refractivity contribution in [2.45, 2.75) is 33.6 Å². The molecule has 1 aliphatic rings. The van der Waals surface area contributed by atoms with Crippen molar-refractivity contribution in [2.75, 3.05) is 26.2 Å². The molecule has 0 fully saturated rings. The minimum Gasteiger partial charge on any atom is -0.492 e. The third kappa shape index (κ3) is 6.65. The summed E-state index contributed by atoms with van der Waals surface area (Å²) in [5.74, 6) is 1.16. The predicted molar refractivity (Wildman–Crippen MR) is 122 cm³/mol. The van der Waals surface area contributed by atoms with E-state index in [4.69, 9.17) is 9.73 Å². The summed E-state index contributed by atoms with van der Waals surface area (Å²) in [6.07, 6.45) is 12.3. The van der Waals surface area contributed by atoms with Crippen LogP contribution in [0.1, 0.15) is 37.8 Å². The molecule has 1 atom stereocenters. The molecule has 0 bridgehead atoms. The van der Waals surface area contributed by atoms with Gasteiger partial charge in [-0.05, 0) is 55.6 Å². The van der Waals surface area contributed by atoms with E-state index >= 15 is 0 Å². The Morgan fingerprint density at radius 2 is 2.04 bits per heavy atom. The van der Waals surface area contributed by atoms with E-state index in [9.17, 15) is 0 Å². The van der Waals surface area contributed by atoms with Crippen molar-refractivity contribution in [1.82, 2.24) is 4.90 Å². The van der Waals surface area contributed by atoms with Crippen LogP contribution in [0.25, 0.3) is 6.08 Å². The average molecular weight is 379 g/mol. The summed E-state index contributed by atoms with van der Waals surface area (Å²) < 4.78 is 6.04. The molecular formula is C25H34N2O. The second-order valence-electron chi connectivity index (χ2n) is 7.25. The van der Waals surface area contributed by atoms with Crippen LogP contribution in [0.4, 0.5) is 5.69 Å². The zero-order valence-corrected chi connectivity index (χ0v) is 17.7. The van der Waals surface area contributed by atoms with Crippen molar-refractivity contribution in [3.8, 4) is 0 Å². The van der Waals surface area contributed by atoms with E-state index in [1.165, 1.54) is 0 Å². The number of aryl methyl sites for hydroxylation is 1. The topological polar surface area (TPSA) is 24.8 Å². The van der Waals surface area contributed by atoms with Gasteiger partial charge in [-0.1, -0.05) is 44.7 Å². The molecule has 0 amide bonds. The summed E-state index contributed by atoms with van der Waals surface area (Å²) in [4.78, 5) is 7.32. The molecule has 0 radical (unpaired) electrons. The lowest BCUT2D eigenvalue weighted by atomic mass is 9.99. The van der Waals surface area contributed by atoms with E-state index < -0.39 is 0 Å². The number of aliphatic imine (C=N–C) groups is 1. The van der Waals surface area contributed by atoms with E-state index in [0.29, 0.717) is 6.61 Å². The first-order valence-electron chi connectivity index (χ1n) is 10.2. The molecule has 0 aromatic heterocycles. The Labute approximate surface area is 170 Å². The van der Waals surface area contributed by atoms with Crippen molar-refractivity contribution in [3.63, 3.8) is 0 Å². The molecule has 0 aliphatic heterocycles. The van der Waals surface area contributed by atoms with Crippen LogP contribution in [0.5, 0.6) is 0 Å². The van der Waals surface area contributed by atoms with E-state index in [0.717, 1.165) is 60.8 Å². The van der Waals surface area contributed by atoms with E-state index in [1.54, 1.807) is 0 Å². The molecule has 3 heteroatoms. The molecule has 0 spiro atoms. The van der Waals surface area contributed by atoms with Crippen molar-refractivity contribution >= 4 is 17.5 Å².